The van der Waals surface area contributed by atoms with Gasteiger partial charge in [-0.1, -0.05) is 12.1 Å². The number of benzene rings is 1. The van der Waals surface area contributed by atoms with Crippen LogP contribution < -0.4 is 4.74 Å². The summed E-state index contributed by atoms with van der Waals surface area (Å²) in [5, 5.41) is 26.9. The van der Waals surface area contributed by atoms with Gasteiger partial charge in [0.25, 0.3) is 0 Å². The molecule has 1 aromatic rings. The number of hydrogen-bond acceptors (Lipinski definition) is 4. The van der Waals surface area contributed by atoms with E-state index in [1.807, 2.05) is 0 Å². The molecule has 0 aliphatic carbocycles. The minimum Gasteiger partial charge on any atom is -0.494 e. The molecule has 10 heteroatoms. The molecule has 24 heavy (non-hydrogen) atoms. The van der Waals surface area contributed by atoms with E-state index >= 15 is 0 Å². The molecule has 3 radical (unpaired) electrons. The Morgan fingerprint density at radius 3 is 1.75 bits per heavy atom. The Hall–Kier alpha value is 0.430. The molecular weight excluding hydrogens is 349 g/mol. The second kappa shape index (κ2) is 14.6. The predicted octanol–water partition coefficient (Wildman–Crippen LogP) is 0.287. The molecule has 3 N–H and O–H groups in total. The zero-order chi connectivity index (χ0) is 16.0. The Balaban J connectivity index is -0.00000147. The molecule has 0 bridgehead atoms. The van der Waals surface area contributed by atoms with Crippen LogP contribution in [0.3, 0.4) is 0 Å². The number of carboxylic acids is 3. The molecule has 1 atom stereocenters. The zero-order valence-corrected chi connectivity index (χ0v) is 20.4. The van der Waals surface area contributed by atoms with Gasteiger partial charge in [-0.2, -0.15) is 0 Å². The van der Waals surface area contributed by atoms with Crippen molar-refractivity contribution in [3.05, 3.63) is 29.8 Å². The molecule has 1 aromatic carbocycles. The first kappa shape index (κ1) is 29.2. The number of carbonyl (C=O) groups is 3. The maximum atomic E-state index is 11.1. The van der Waals surface area contributed by atoms with E-state index in [1.165, 1.54) is 12.1 Å². The van der Waals surface area contributed by atoms with E-state index in [-0.39, 0.29) is 88.7 Å². The van der Waals surface area contributed by atoms with E-state index in [0.29, 0.717) is 17.9 Å². The fraction of sp³-hybridized carbons (Fsp3) is 0.357. The zero-order valence-electron chi connectivity index (χ0n) is 14.4. The van der Waals surface area contributed by atoms with Gasteiger partial charge in [0.1, 0.15) is 5.75 Å². The molecule has 0 aliphatic heterocycles. The van der Waals surface area contributed by atoms with Gasteiger partial charge in [-0.25, -0.2) is 0 Å². The molecule has 0 aliphatic rings. The van der Waals surface area contributed by atoms with Gasteiger partial charge in [0.2, 0.25) is 0 Å². The second-order valence-corrected chi connectivity index (χ2v) is 4.36. The summed E-state index contributed by atoms with van der Waals surface area (Å²) in [6.45, 7) is 2.25. The van der Waals surface area contributed by atoms with Gasteiger partial charge in [0.05, 0.1) is 13.0 Å². The Kier molecular flexibility index (Phi) is 17.7. The molecule has 0 fully saturated rings. The molecule has 0 aromatic heterocycles. The average Bonchev–Trinajstić information content (AvgIpc) is 2.38. The summed E-state index contributed by atoms with van der Waals surface area (Å²) in [6, 6.07) is 6.07. The van der Waals surface area contributed by atoms with E-state index in [4.69, 9.17) is 20.1 Å². The van der Waals surface area contributed by atoms with E-state index in [9.17, 15) is 14.4 Å². The van der Waals surface area contributed by atoms with Crippen LogP contribution in [0.15, 0.2) is 24.3 Å². The normalized spacial score (nSPS) is 10.4. The van der Waals surface area contributed by atoms with Gasteiger partial charge in [0.15, 0.2) is 5.92 Å². The predicted molar refractivity (Wildman–Crippen MR) is 88.6 cm³/mol. The van der Waals surface area contributed by atoms with Crippen molar-refractivity contribution in [1.82, 2.24) is 0 Å². The summed E-state index contributed by atoms with van der Waals surface area (Å²) in [6.07, 6.45) is -0.586. The van der Waals surface area contributed by atoms with Crippen molar-refractivity contribution in [2.24, 2.45) is 5.92 Å². The van der Waals surface area contributed by atoms with Crippen molar-refractivity contribution < 1.29 is 34.4 Å². The van der Waals surface area contributed by atoms with Crippen molar-refractivity contribution in [2.75, 3.05) is 6.61 Å². The first-order valence-corrected chi connectivity index (χ1v) is 6.27. The molecule has 117 valence electrons. The Morgan fingerprint density at radius 1 is 0.958 bits per heavy atom. The van der Waals surface area contributed by atoms with E-state index < -0.39 is 36.2 Å². The molecule has 1 rings (SSSR count). The van der Waals surface area contributed by atoms with Gasteiger partial charge in [-0.15, -0.1) is 0 Å². The molecular formula is C14H16Na3O7. The molecule has 0 heterocycles. The summed E-state index contributed by atoms with van der Waals surface area (Å²) in [7, 11) is 0. The van der Waals surface area contributed by atoms with Crippen molar-refractivity contribution in [2.45, 2.75) is 19.3 Å². The second-order valence-electron chi connectivity index (χ2n) is 4.36. The molecule has 7 nitrogen and oxygen atoms in total. The SMILES string of the molecule is CCOc1ccc(C(CC(=O)O)C(C(=O)O)C(=O)O)cc1.[Na].[Na].[Na]. The number of ether oxygens (including phenoxy) is 1. The molecule has 0 amide bonds. The summed E-state index contributed by atoms with van der Waals surface area (Å²) in [4.78, 5) is 33.1. The van der Waals surface area contributed by atoms with Gasteiger partial charge in [-0.05, 0) is 24.6 Å². The Bertz CT molecular complexity index is 520. The third-order valence-corrected chi connectivity index (χ3v) is 2.95. The number of hydrogen-bond donors (Lipinski definition) is 3. The minimum atomic E-state index is -1.82. The van der Waals surface area contributed by atoms with E-state index in [1.54, 1.807) is 19.1 Å². The van der Waals surface area contributed by atoms with Crippen LogP contribution in [-0.2, 0) is 14.4 Å². The van der Waals surface area contributed by atoms with Gasteiger partial charge >= 0.3 is 17.9 Å². The van der Waals surface area contributed by atoms with Gasteiger partial charge < -0.3 is 20.1 Å². The van der Waals surface area contributed by atoms with Crippen LogP contribution in [0.2, 0.25) is 0 Å². The number of rotatable bonds is 8. The monoisotopic (exact) mass is 365 g/mol. The quantitative estimate of drug-likeness (QED) is 0.447. The number of carboxylic acid groups (broad SMARTS) is 3. The van der Waals surface area contributed by atoms with Crippen molar-refractivity contribution in [1.29, 1.82) is 0 Å². The fourth-order valence-corrected chi connectivity index (χ4v) is 2.04. The Labute approximate surface area is 206 Å². The van der Waals surface area contributed by atoms with Crippen molar-refractivity contribution >= 4 is 107 Å². The molecule has 0 spiro atoms. The summed E-state index contributed by atoms with van der Waals surface area (Å²) in [5.74, 6) is -6.84. The van der Waals surface area contributed by atoms with E-state index in [0.717, 1.165) is 0 Å². The topological polar surface area (TPSA) is 121 Å². The van der Waals surface area contributed by atoms with Crippen LogP contribution in [-0.4, -0.2) is 129 Å². The van der Waals surface area contributed by atoms with Crippen LogP contribution in [0.5, 0.6) is 5.75 Å². The molecule has 0 saturated heterocycles. The molecule has 1 unspecified atom stereocenters. The number of aliphatic carboxylic acids is 3. The first-order chi connectivity index (χ1) is 9.86. The van der Waals surface area contributed by atoms with Crippen LogP contribution in [0, 0.1) is 5.92 Å². The average molecular weight is 365 g/mol. The third-order valence-electron chi connectivity index (χ3n) is 2.95. The summed E-state index contributed by atoms with van der Waals surface area (Å²) in [5.41, 5.74) is 0.329. The minimum absolute atomic E-state index is 0. The fourth-order valence-electron chi connectivity index (χ4n) is 2.04. The van der Waals surface area contributed by atoms with Crippen LogP contribution in [0.25, 0.3) is 0 Å². The first-order valence-electron chi connectivity index (χ1n) is 6.27. The van der Waals surface area contributed by atoms with Crippen LogP contribution >= 0.6 is 0 Å². The van der Waals surface area contributed by atoms with Crippen LogP contribution in [0.1, 0.15) is 24.8 Å². The van der Waals surface area contributed by atoms with Crippen molar-refractivity contribution in [3.8, 4) is 5.75 Å². The third kappa shape index (κ3) is 9.22. The van der Waals surface area contributed by atoms with Gasteiger partial charge in [0, 0.05) is 94.6 Å². The molecule has 0 saturated carbocycles. The largest absolute Gasteiger partial charge is 0.494 e. The Morgan fingerprint density at radius 2 is 1.42 bits per heavy atom. The summed E-state index contributed by atoms with van der Waals surface area (Å²) < 4.78 is 5.23. The summed E-state index contributed by atoms with van der Waals surface area (Å²) >= 11 is 0. The van der Waals surface area contributed by atoms with Crippen molar-refractivity contribution in [3.63, 3.8) is 0 Å². The maximum absolute atomic E-state index is 11.1. The standard InChI is InChI=1S/C14H16O7.3Na/c1-2-21-9-5-3-8(4-6-9)10(7-11(15)16)12(13(17)18)14(19)20;;;/h3-6,10,12H,2,7H2,1H3,(H,15,16)(H,17,18)(H,19,20);;;. The van der Waals surface area contributed by atoms with E-state index in [2.05, 4.69) is 0 Å². The van der Waals surface area contributed by atoms with Crippen LogP contribution in [0.4, 0.5) is 0 Å². The smallest absolute Gasteiger partial charge is 0.318 e. The van der Waals surface area contributed by atoms with Gasteiger partial charge in [-0.3, -0.25) is 14.4 Å². The maximum Gasteiger partial charge on any atom is 0.318 e.